The number of carbonyl (C=O) groups excluding carboxylic acids is 1. The number of aromatic nitrogens is 3. The van der Waals surface area contributed by atoms with Crippen LogP contribution in [0.15, 0.2) is 65.2 Å². The fraction of sp³-hybridized carbons (Fsp3) is 0.345. The van der Waals surface area contributed by atoms with Gasteiger partial charge in [0.05, 0.1) is 31.0 Å². The van der Waals surface area contributed by atoms with Gasteiger partial charge in [0.1, 0.15) is 5.75 Å². The first-order valence-electron chi connectivity index (χ1n) is 12.5. The number of aromatic amines is 1. The van der Waals surface area contributed by atoms with Crippen molar-refractivity contribution in [3.8, 4) is 28.3 Å². The molecule has 3 heterocycles. The number of benzene rings is 2. The number of carbonyl (C=O) groups is 1. The lowest BCUT2D eigenvalue weighted by Crippen LogP contribution is -2.33. The van der Waals surface area contributed by atoms with Crippen molar-refractivity contribution in [2.24, 2.45) is 0 Å². The molecule has 7 nitrogen and oxygen atoms in total. The minimum absolute atomic E-state index is 0.208. The van der Waals surface area contributed by atoms with Crippen LogP contribution in [-0.4, -0.2) is 46.2 Å². The summed E-state index contributed by atoms with van der Waals surface area (Å²) in [7, 11) is 1.65. The van der Waals surface area contributed by atoms with Crippen LogP contribution in [0.2, 0.25) is 0 Å². The van der Waals surface area contributed by atoms with Crippen LogP contribution in [-0.2, 0) is 11.2 Å². The third-order valence-corrected chi connectivity index (χ3v) is 6.24. The largest absolute Gasteiger partial charge is 0.496 e. The average Bonchev–Trinajstić information content (AvgIpc) is 3.45. The van der Waals surface area contributed by atoms with Crippen molar-refractivity contribution in [2.75, 3.05) is 20.2 Å². The van der Waals surface area contributed by atoms with E-state index in [1.807, 2.05) is 73.3 Å². The molecule has 1 aliphatic rings. The van der Waals surface area contributed by atoms with Gasteiger partial charge in [0.15, 0.2) is 11.7 Å². The maximum Gasteiger partial charge on any atom is 0.228 e. The van der Waals surface area contributed by atoms with E-state index in [0.717, 1.165) is 65.5 Å². The van der Waals surface area contributed by atoms with Crippen molar-refractivity contribution < 1.29 is 13.9 Å². The standard InChI is InChI=1S/C17H21N3O.C12H13NO2/c21-17(20-10-6-1-2-7-11-20)13-15-12-16(19-18-15)14-8-4-3-5-9-14;1-8-4-5-10(11(6-8)14-3)12-7-13-9(2)15-12/h3-5,8-9,12H,1-2,6-7,10-11,13H2,(H,18,19);4-7H,1-3H3. The fourth-order valence-corrected chi connectivity index (χ4v) is 4.29. The van der Waals surface area contributed by atoms with Gasteiger partial charge in [-0.1, -0.05) is 49.2 Å². The number of methoxy groups -OCH3 is 1. The number of rotatable bonds is 5. The number of hydrogen-bond acceptors (Lipinski definition) is 5. The van der Waals surface area contributed by atoms with Gasteiger partial charge >= 0.3 is 0 Å². The lowest BCUT2D eigenvalue weighted by Gasteiger charge is -2.19. The first-order valence-corrected chi connectivity index (χ1v) is 12.5. The topological polar surface area (TPSA) is 84.2 Å². The van der Waals surface area contributed by atoms with Crippen molar-refractivity contribution in [1.82, 2.24) is 20.1 Å². The minimum Gasteiger partial charge on any atom is -0.496 e. The Morgan fingerprint density at radius 3 is 2.44 bits per heavy atom. The molecule has 36 heavy (non-hydrogen) atoms. The second-order valence-electron chi connectivity index (χ2n) is 9.06. The Bertz CT molecular complexity index is 1250. The predicted molar refractivity (Wildman–Crippen MR) is 141 cm³/mol. The highest BCUT2D eigenvalue weighted by Crippen LogP contribution is 2.31. The second-order valence-corrected chi connectivity index (χ2v) is 9.06. The zero-order chi connectivity index (χ0) is 25.3. The minimum atomic E-state index is 0.208. The zero-order valence-electron chi connectivity index (χ0n) is 21.3. The van der Waals surface area contributed by atoms with Gasteiger partial charge in [0.2, 0.25) is 5.91 Å². The van der Waals surface area contributed by atoms with E-state index in [-0.39, 0.29) is 5.91 Å². The molecule has 0 aliphatic carbocycles. The summed E-state index contributed by atoms with van der Waals surface area (Å²) in [6.07, 6.45) is 6.87. The van der Waals surface area contributed by atoms with E-state index >= 15 is 0 Å². The summed E-state index contributed by atoms with van der Waals surface area (Å²) in [5.74, 6) is 2.42. The monoisotopic (exact) mass is 486 g/mol. The van der Waals surface area contributed by atoms with E-state index in [1.54, 1.807) is 13.3 Å². The van der Waals surface area contributed by atoms with E-state index in [2.05, 4.69) is 15.2 Å². The van der Waals surface area contributed by atoms with Crippen molar-refractivity contribution in [1.29, 1.82) is 0 Å². The van der Waals surface area contributed by atoms with Gasteiger partial charge in [-0.05, 0) is 43.5 Å². The molecule has 1 N–H and O–H groups in total. The maximum absolute atomic E-state index is 12.3. The van der Waals surface area contributed by atoms with E-state index in [0.29, 0.717) is 12.3 Å². The normalized spacial score (nSPS) is 13.5. The average molecular weight is 487 g/mol. The number of ether oxygens (including phenoxy) is 1. The van der Waals surface area contributed by atoms with Gasteiger partial charge in [-0.25, -0.2) is 4.98 Å². The smallest absolute Gasteiger partial charge is 0.228 e. The fourth-order valence-electron chi connectivity index (χ4n) is 4.29. The molecule has 1 fully saturated rings. The molecule has 4 aromatic rings. The third kappa shape index (κ3) is 6.62. The molecule has 0 atom stereocenters. The van der Waals surface area contributed by atoms with Gasteiger partial charge < -0.3 is 14.1 Å². The number of likely N-dealkylation sites (tertiary alicyclic amines) is 1. The number of oxazole rings is 1. The summed E-state index contributed by atoms with van der Waals surface area (Å²) in [5.41, 5.74) is 4.95. The third-order valence-electron chi connectivity index (χ3n) is 6.24. The predicted octanol–water partition coefficient (Wildman–Crippen LogP) is 5.99. The quantitative estimate of drug-likeness (QED) is 0.375. The number of amides is 1. The molecule has 2 aromatic heterocycles. The highest BCUT2D eigenvalue weighted by atomic mass is 16.5. The number of aryl methyl sites for hydroxylation is 2. The summed E-state index contributed by atoms with van der Waals surface area (Å²) < 4.78 is 10.8. The second kappa shape index (κ2) is 12.2. The molecular formula is C29H34N4O3. The molecule has 0 unspecified atom stereocenters. The Kier molecular flexibility index (Phi) is 8.55. The molecule has 1 saturated heterocycles. The van der Waals surface area contributed by atoms with Crippen LogP contribution < -0.4 is 4.74 Å². The molecule has 0 bridgehead atoms. The van der Waals surface area contributed by atoms with Crippen molar-refractivity contribution >= 4 is 5.91 Å². The number of hydrogen-bond donors (Lipinski definition) is 1. The first kappa shape index (κ1) is 25.2. The highest BCUT2D eigenvalue weighted by molar-refractivity contribution is 5.78. The van der Waals surface area contributed by atoms with Crippen LogP contribution >= 0.6 is 0 Å². The molecule has 1 aliphatic heterocycles. The van der Waals surface area contributed by atoms with Crippen molar-refractivity contribution in [3.05, 3.63) is 77.9 Å². The van der Waals surface area contributed by atoms with E-state index in [4.69, 9.17) is 9.15 Å². The van der Waals surface area contributed by atoms with Crippen LogP contribution in [0.5, 0.6) is 5.75 Å². The van der Waals surface area contributed by atoms with Gasteiger partial charge in [-0.3, -0.25) is 9.89 Å². The summed E-state index contributed by atoms with van der Waals surface area (Å²) in [6, 6.07) is 18.0. The van der Waals surface area contributed by atoms with Gasteiger partial charge in [0.25, 0.3) is 0 Å². The molecule has 5 rings (SSSR count). The molecule has 2 aromatic carbocycles. The molecule has 188 valence electrons. The van der Waals surface area contributed by atoms with Crippen LogP contribution in [0, 0.1) is 13.8 Å². The van der Waals surface area contributed by atoms with Crippen LogP contribution in [0.3, 0.4) is 0 Å². The Morgan fingerprint density at radius 1 is 1.03 bits per heavy atom. The lowest BCUT2D eigenvalue weighted by molar-refractivity contribution is -0.130. The number of nitrogens with one attached hydrogen (secondary N) is 1. The van der Waals surface area contributed by atoms with E-state index in [1.165, 1.54) is 12.8 Å². The highest BCUT2D eigenvalue weighted by Gasteiger charge is 2.17. The van der Waals surface area contributed by atoms with E-state index in [9.17, 15) is 4.79 Å². The Morgan fingerprint density at radius 2 is 1.78 bits per heavy atom. The number of nitrogens with zero attached hydrogens (tertiary/aromatic N) is 3. The van der Waals surface area contributed by atoms with Gasteiger partial charge in [0, 0.05) is 31.3 Å². The number of H-pyrrole nitrogens is 1. The molecule has 7 heteroatoms. The summed E-state index contributed by atoms with van der Waals surface area (Å²) in [4.78, 5) is 18.4. The summed E-state index contributed by atoms with van der Waals surface area (Å²) >= 11 is 0. The molecule has 0 saturated carbocycles. The summed E-state index contributed by atoms with van der Waals surface area (Å²) in [6.45, 7) is 5.65. The van der Waals surface area contributed by atoms with Crippen molar-refractivity contribution in [2.45, 2.75) is 46.0 Å². The molecular weight excluding hydrogens is 452 g/mol. The van der Waals surface area contributed by atoms with Crippen LogP contribution in [0.1, 0.15) is 42.8 Å². The molecule has 1 amide bonds. The Balaban J connectivity index is 0.000000179. The SMILES string of the molecule is COc1cc(C)ccc1-c1cnc(C)o1.O=C(Cc1cc(-c2ccccc2)n[nH]1)N1CCCCCC1. The van der Waals surface area contributed by atoms with Gasteiger partial charge in [-0.2, -0.15) is 5.10 Å². The maximum atomic E-state index is 12.3. The first-order chi connectivity index (χ1) is 17.5. The zero-order valence-corrected chi connectivity index (χ0v) is 21.3. The van der Waals surface area contributed by atoms with Crippen LogP contribution in [0.4, 0.5) is 0 Å². The lowest BCUT2D eigenvalue weighted by atomic mass is 10.1. The van der Waals surface area contributed by atoms with Crippen molar-refractivity contribution in [3.63, 3.8) is 0 Å². The Hall–Kier alpha value is -3.87. The molecule has 0 radical (unpaired) electrons. The summed E-state index contributed by atoms with van der Waals surface area (Å²) in [5, 5.41) is 7.30. The van der Waals surface area contributed by atoms with Gasteiger partial charge in [-0.15, -0.1) is 0 Å². The van der Waals surface area contributed by atoms with Crippen LogP contribution in [0.25, 0.3) is 22.6 Å². The van der Waals surface area contributed by atoms with E-state index < -0.39 is 0 Å². The molecule has 0 spiro atoms. The Labute approximate surface area is 212 Å².